The minimum atomic E-state index is -0.450. The molecule has 0 aromatic heterocycles. The maximum atomic E-state index is 10.2. The Labute approximate surface area is 119 Å². The van der Waals surface area contributed by atoms with Gasteiger partial charge in [-0.3, -0.25) is 0 Å². The van der Waals surface area contributed by atoms with E-state index in [1.165, 1.54) is 19.3 Å². The van der Waals surface area contributed by atoms with E-state index in [1.54, 1.807) is 7.11 Å². The second kappa shape index (κ2) is 7.17. The van der Waals surface area contributed by atoms with Gasteiger partial charge in [-0.25, -0.2) is 0 Å². The van der Waals surface area contributed by atoms with Crippen LogP contribution in [0, 0.1) is 0 Å². The summed E-state index contributed by atoms with van der Waals surface area (Å²) in [6, 6.07) is 8.16. The fourth-order valence-electron chi connectivity index (χ4n) is 2.65. The smallest absolute Gasteiger partial charge is 0.118 e. The lowest BCUT2D eigenvalue weighted by Gasteiger charge is -2.21. The topological polar surface area (TPSA) is 41.5 Å². The van der Waals surface area contributed by atoms with Crippen LogP contribution in [0.2, 0.25) is 0 Å². The maximum Gasteiger partial charge on any atom is 0.118 e. The first-order valence-corrected chi connectivity index (χ1v) is 8.11. The molecule has 2 rings (SSSR count). The largest absolute Gasteiger partial charge is 0.497 e. The highest BCUT2D eigenvalue weighted by atomic mass is 32.2. The van der Waals surface area contributed by atoms with Gasteiger partial charge in [-0.05, 0) is 36.8 Å². The summed E-state index contributed by atoms with van der Waals surface area (Å²) in [5.74, 6) is 0.821. The third kappa shape index (κ3) is 3.88. The Kier molecular flexibility index (Phi) is 5.55. The van der Waals surface area contributed by atoms with Gasteiger partial charge in [0, 0.05) is 17.8 Å². The van der Waals surface area contributed by atoms with Crippen LogP contribution in [-0.4, -0.2) is 36.3 Å². The van der Waals surface area contributed by atoms with Crippen molar-refractivity contribution >= 4 is 11.8 Å². The molecule has 0 amide bonds. The Bertz CT molecular complexity index is 382. The average Bonchev–Trinajstić information content (AvgIpc) is 2.92. The van der Waals surface area contributed by atoms with Gasteiger partial charge in [0.2, 0.25) is 0 Å². The Balaban J connectivity index is 1.84. The van der Waals surface area contributed by atoms with Gasteiger partial charge in [0.1, 0.15) is 5.75 Å². The summed E-state index contributed by atoms with van der Waals surface area (Å²) in [5, 5.41) is 14.4. The highest BCUT2D eigenvalue weighted by Gasteiger charge is 2.26. The Hall–Kier alpha value is -0.710. The number of benzene rings is 1. The molecule has 0 bridgehead atoms. The van der Waals surface area contributed by atoms with E-state index in [4.69, 9.17) is 4.74 Å². The lowest BCUT2D eigenvalue weighted by atomic mass is 10.1. The monoisotopic (exact) mass is 281 g/mol. The zero-order valence-electron chi connectivity index (χ0n) is 11.6. The van der Waals surface area contributed by atoms with Crippen molar-refractivity contribution in [2.75, 3.05) is 19.9 Å². The summed E-state index contributed by atoms with van der Waals surface area (Å²) in [6.45, 7) is 0.619. The van der Waals surface area contributed by atoms with Crippen LogP contribution in [-0.2, 0) is 0 Å². The molecular formula is C15H23NO2S. The van der Waals surface area contributed by atoms with Crippen molar-refractivity contribution in [3.63, 3.8) is 0 Å². The van der Waals surface area contributed by atoms with Gasteiger partial charge in [0.05, 0.1) is 13.2 Å². The van der Waals surface area contributed by atoms with E-state index < -0.39 is 6.10 Å². The average molecular weight is 281 g/mol. The first-order valence-electron chi connectivity index (χ1n) is 6.82. The summed E-state index contributed by atoms with van der Waals surface area (Å²) >= 11 is 1.93. The van der Waals surface area contributed by atoms with E-state index in [-0.39, 0.29) is 0 Å². The molecular weight excluding hydrogens is 258 g/mol. The maximum absolute atomic E-state index is 10.2. The van der Waals surface area contributed by atoms with Crippen LogP contribution in [0.1, 0.15) is 30.9 Å². The number of nitrogens with one attached hydrogen (secondary N) is 1. The van der Waals surface area contributed by atoms with Crippen LogP contribution in [0.4, 0.5) is 0 Å². The number of aliphatic hydroxyl groups is 1. The summed E-state index contributed by atoms with van der Waals surface area (Å²) in [4.78, 5) is 0. The highest BCUT2D eigenvalue weighted by Crippen LogP contribution is 2.28. The molecule has 0 radical (unpaired) electrons. The first kappa shape index (κ1) is 14.7. The van der Waals surface area contributed by atoms with Crippen molar-refractivity contribution in [1.29, 1.82) is 0 Å². The summed E-state index contributed by atoms with van der Waals surface area (Å²) in [5.41, 5.74) is 0.937. The van der Waals surface area contributed by atoms with Crippen LogP contribution in [0.25, 0.3) is 0 Å². The number of hydrogen-bond acceptors (Lipinski definition) is 4. The minimum Gasteiger partial charge on any atom is -0.497 e. The standard InChI is InChI=1S/C15H23NO2S/c1-18-12-8-6-11(7-9-12)14(17)10-16-13-4-3-5-15(13)19-2/h6-9,13-17H,3-5,10H2,1-2H3. The lowest BCUT2D eigenvalue weighted by molar-refractivity contribution is 0.170. The molecule has 1 saturated carbocycles. The lowest BCUT2D eigenvalue weighted by Crippen LogP contribution is -2.36. The van der Waals surface area contributed by atoms with Gasteiger partial charge in [0.15, 0.2) is 0 Å². The fourth-order valence-corrected chi connectivity index (χ4v) is 3.61. The van der Waals surface area contributed by atoms with Crippen molar-refractivity contribution in [2.24, 2.45) is 0 Å². The molecule has 1 aromatic rings. The number of aliphatic hydroxyl groups excluding tert-OH is 1. The summed E-state index contributed by atoms with van der Waals surface area (Å²) in [7, 11) is 1.65. The predicted molar refractivity (Wildman–Crippen MR) is 80.9 cm³/mol. The first-order chi connectivity index (χ1) is 9.24. The summed E-state index contributed by atoms with van der Waals surface area (Å²) in [6.07, 6.45) is 5.53. The van der Waals surface area contributed by atoms with E-state index in [1.807, 2.05) is 36.0 Å². The Morgan fingerprint density at radius 1 is 1.37 bits per heavy atom. The SMILES string of the molecule is COc1ccc(C(O)CNC2CCCC2SC)cc1. The van der Waals surface area contributed by atoms with Crippen LogP contribution in [0.5, 0.6) is 5.75 Å². The van der Waals surface area contributed by atoms with E-state index in [2.05, 4.69) is 11.6 Å². The second-order valence-corrected chi connectivity index (χ2v) is 6.09. The molecule has 3 unspecified atom stereocenters. The van der Waals surface area contributed by atoms with Gasteiger partial charge in [-0.15, -0.1) is 0 Å². The molecule has 0 heterocycles. The second-order valence-electron chi connectivity index (χ2n) is 5.01. The molecule has 1 aromatic carbocycles. The normalized spacial score (nSPS) is 24.4. The molecule has 0 saturated heterocycles. The summed E-state index contributed by atoms with van der Waals surface area (Å²) < 4.78 is 5.12. The van der Waals surface area contributed by atoms with Crippen molar-refractivity contribution in [2.45, 2.75) is 36.7 Å². The van der Waals surface area contributed by atoms with Crippen LogP contribution < -0.4 is 10.1 Å². The van der Waals surface area contributed by atoms with Crippen LogP contribution >= 0.6 is 11.8 Å². The zero-order chi connectivity index (χ0) is 13.7. The van der Waals surface area contributed by atoms with Crippen LogP contribution in [0.3, 0.4) is 0 Å². The molecule has 1 aliphatic carbocycles. The third-order valence-corrected chi connectivity index (χ3v) is 5.00. The molecule has 1 aliphatic rings. The number of methoxy groups -OCH3 is 1. The van der Waals surface area contributed by atoms with Crippen molar-refractivity contribution < 1.29 is 9.84 Å². The fraction of sp³-hybridized carbons (Fsp3) is 0.600. The van der Waals surface area contributed by atoms with E-state index in [9.17, 15) is 5.11 Å². The van der Waals surface area contributed by atoms with Gasteiger partial charge in [0.25, 0.3) is 0 Å². The van der Waals surface area contributed by atoms with Gasteiger partial charge in [-0.1, -0.05) is 18.6 Å². The van der Waals surface area contributed by atoms with Crippen molar-refractivity contribution in [3.05, 3.63) is 29.8 Å². The molecule has 0 spiro atoms. The molecule has 3 atom stereocenters. The minimum absolute atomic E-state index is 0.450. The quantitative estimate of drug-likeness (QED) is 0.841. The van der Waals surface area contributed by atoms with Gasteiger partial charge < -0.3 is 15.2 Å². The molecule has 1 fully saturated rings. The van der Waals surface area contributed by atoms with Crippen molar-refractivity contribution in [1.82, 2.24) is 5.32 Å². The van der Waals surface area contributed by atoms with E-state index >= 15 is 0 Å². The highest BCUT2D eigenvalue weighted by molar-refractivity contribution is 7.99. The molecule has 19 heavy (non-hydrogen) atoms. The van der Waals surface area contributed by atoms with Crippen LogP contribution in [0.15, 0.2) is 24.3 Å². The Morgan fingerprint density at radius 3 is 2.74 bits per heavy atom. The van der Waals surface area contributed by atoms with E-state index in [0.717, 1.165) is 11.3 Å². The van der Waals surface area contributed by atoms with E-state index in [0.29, 0.717) is 17.8 Å². The van der Waals surface area contributed by atoms with Crippen molar-refractivity contribution in [3.8, 4) is 5.75 Å². The molecule has 3 nitrogen and oxygen atoms in total. The number of ether oxygens (including phenoxy) is 1. The Morgan fingerprint density at radius 2 is 2.11 bits per heavy atom. The zero-order valence-corrected chi connectivity index (χ0v) is 12.5. The number of hydrogen-bond donors (Lipinski definition) is 2. The molecule has 106 valence electrons. The number of rotatable bonds is 6. The predicted octanol–water partition coefficient (Wildman–Crippen LogP) is 2.60. The third-order valence-electron chi connectivity index (χ3n) is 3.83. The molecule has 2 N–H and O–H groups in total. The van der Waals surface area contributed by atoms with Gasteiger partial charge >= 0.3 is 0 Å². The number of thioether (sulfide) groups is 1. The molecule has 4 heteroatoms. The van der Waals surface area contributed by atoms with Gasteiger partial charge in [-0.2, -0.15) is 11.8 Å². The molecule has 0 aliphatic heterocycles.